The van der Waals surface area contributed by atoms with E-state index in [4.69, 9.17) is 9.47 Å². The largest absolute Gasteiger partial charge is 0.474 e. The molecule has 8 heteroatoms. The summed E-state index contributed by atoms with van der Waals surface area (Å²) in [4.78, 5) is 29.5. The molecule has 0 atom stereocenters. The maximum absolute atomic E-state index is 12.1. The summed E-state index contributed by atoms with van der Waals surface area (Å²) in [6, 6.07) is 5.09. The van der Waals surface area contributed by atoms with E-state index in [2.05, 4.69) is 15.2 Å². The van der Waals surface area contributed by atoms with Crippen LogP contribution in [0, 0.1) is 0 Å². The van der Waals surface area contributed by atoms with Gasteiger partial charge in [-0.2, -0.15) is 5.10 Å². The number of rotatable bonds is 3. The quantitative estimate of drug-likeness (QED) is 0.889. The fraction of sp³-hybridized carbons (Fsp3) is 0.474. The van der Waals surface area contributed by atoms with Crippen LogP contribution in [0.25, 0.3) is 11.1 Å². The van der Waals surface area contributed by atoms with Gasteiger partial charge in [-0.15, -0.1) is 0 Å². The summed E-state index contributed by atoms with van der Waals surface area (Å²) in [5, 5.41) is 6.12. The standard InChI is InChI=1S/C19H24N4O4/c1-19(2,3)27-18(25)23-8-6-15(7-9-23)26-17-5-4-13(11-20-17)14-10-16(24)22-21-12-14/h4-5,10-12,15H,6-9H2,1-3H3,(H,22,24). The number of hydrogen-bond acceptors (Lipinski definition) is 6. The van der Waals surface area contributed by atoms with Gasteiger partial charge in [-0.1, -0.05) is 0 Å². The first-order valence-electron chi connectivity index (χ1n) is 8.96. The summed E-state index contributed by atoms with van der Waals surface area (Å²) >= 11 is 0. The summed E-state index contributed by atoms with van der Waals surface area (Å²) < 4.78 is 11.3. The van der Waals surface area contributed by atoms with Crippen molar-refractivity contribution in [2.24, 2.45) is 0 Å². The molecule has 0 radical (unpaired) electrons. The minimum atomic E-state index is -0.491. The van der Waals surface area contributed by atoms with Crippen LogP contribution in [-0.2, 0) is 4.74 Å². The number of nitrogens with zero attached hydrogens (tertiary/aromatic N) is 3. The Morgan fingerprint density at radius 3 is 2.52 bits per heavy atom. The third-order valence-corrected chi connectivity index (χ3v) is 4.12. The van der Waals surface area contributed by atoms with Crippen molar-refractivity contribution in [3.8, 4) is 17.0 Å². The first-order valence-corrected chi connectivity index (χ1v) is 8.96. The van der Waals surface area contributed by atoms with Crippen LogP contribution in [0.3, 0.4) is 0 Å². The minimum Gasteiger partial charge on any atom is -0.474 e. The Kier molecular flexibility index (Phi) is 5.43. The summed E-state index contributed by atoms with van der Waals surface area (Å²) in [5.74, 6) is 0.521. The van der Waals surface area contributed by atoms with E-state index >= 15 is 0 Å². The van der Waals surface area contributed by atoms with E-state index in [1.54, 1.807) is 23.4 Å². The number of aromatic nitrogens is 3. The summed E-state index contributed by atoms with van der Waals surface area (Å²) in [6.45, 7) is 6.76. The lowest BCUT2D eigenvalue weighted by Gasteiger charge is -2.33. The van der Waals surface area contributed by atoms with E-state index < -0.39 is 5.60 Å². The Bertz CT molecular complexity index is 834. The van der Waals surface area contributed by atoms with Crippen LogP contribution in [0.15, 0.2) is 35.4 Å². The number of aromatic amines is 1. The highest BCUT2D eigenvalue weighted by molar-refractivity contribution is 5.68. The van der Waals surface area contributed by atoms with E-state index in [9.17, 15) is 9.59 Å². The first kappa shape index (κ1) is 18.9. The van der Waals surface area contributed by atoms with Crippen LogP contribution in [0.2, 0.25) is 0 Å². The van der Waals surface area contributed by atoms with Crippen molar-refractivity contribution >= 4 is 6.09 Å². The van der Waals surface area contributed by atoms with Crippen LogP contribution in [0.5, 0.6) is 5.88 Å². The fourth-order valence-corrected chi connectivity index (χ4v) is 2.81. The molecule has 2 aromatic rings. The van der Waals surface area contributed by atoms with Gasteiger partial charge in [-0.25, -0.2) is 14.9 Å². The molecule has 3 rings (SSSR count). The molecule has 1 aliphatic rings. The molecule has 1 saturated heterocycles. The average Bonchev–Trinajstić information content (AvgIpc) is 2.61. The van der Waals surface area contributed by atoms with Gasteiger partial charge >= 0.3 is 6.09 Å². The molecule has 0 aromatic carbocycles. The van der Waals surface area contributed by atoms with Crippen molar-refractivity contribution < 1.29 is 14.3 Å². The third kappa shape index (κ3) is 5.29. The number of nitrogens with one attached hydrogen (secondary N) is 1. The van der Waals surface area contributed by atoms with Crippen LogP contribution in [-0.4, -0.2) is 51.0 Å². The van der Waals surface area contributed by atoms with E-state index in [0.717, 1.165) is 18.4 Å². The van der Waals surface area contributed by atoms with Gasteiger partial charge in [-0.3, -0.25) is 4.79 Å². The molecular weight excluding hydrogens is 348 g/mol. The van der Waals surface area contributed by atoms with Gasteiger partial charge in [-0.05, 0) is 26.8 Å². The maximum atomic E-state index is 12.1. The molecular formula is C19H24N4O4. The normalized spacial score (nSPS) is 15.4. The minimum absolute atomic E-state index is 0.00303. The summed E-state index contributed by atoms with van der Waals surface area (Å²) in [5.41, 5.74) is 0.739. The highest BCUT2D eigenvalue weighted by Gasteiger charge is 2.27. The topological polar surface area (TPSA) is 97.4 Å². The molecule has 0 aliphatic carbocycles. The van der Waals surface area contributed by atoms with Gasteiger partial charge in [0.2, 0.25) is 5.88 Å². The highest BCUT2D eigenvalue weighted by atomic mass is 16.6. The zero-order valence-electron chi connectivity index (χ0n) is 15.8. The van der Waals surface area contributed by atoms with Crippen LogP contribution in [0.4, 0.5) is 4.79 Å². The number of amides is 1. The van der Waals surface area contributed by atoms with Crippen molar-refractivity contribution in [1.82, 2.24) is 20.1 Å². The lowest BCUT2D eigenvalue weighted by molar-refractivity contribution is 0.0123. The lowest BCUT2D eigenvalue weighted by atomic mass is 10.1. The molecule has 27 heavy (non-hydrogen) atoms. The van der Waals surface area contributed by atoms with Gasteiger partial charge in [0, 0.05) is 55.4 Å². The first-order chi connectivity index (χ1) is 12.8. The Labute approximate surface area is 157 Å². The second kappa shape index (κ2) is 7.77. The van der Waals surface area contributed by atoms with Crippen molar-refractivity contribution in [3.05, 3.63) is 40.9 Å². The SMILES string of the molecule is CC(C)(C)OC(=O)N1CCC(Oc2ccc(-c3cn[nH]c(=O)c3)cn2)CC1. The molecule has 1 fully saturated rings. The predicted molar refractivity (Wildman–Crippen MR) is 99.5 cm³/mol. The molecule has 0 unspecified atom stereocenters. The Morgan fingerprint density at radius 2 is 1.93 bits per heavy atom. The Morgan fingerprint density at radius 1 is 1.19 bits per heavy atom. The predicted octanol–water partition coefficient (Wildman–Crippen LogP) is 2.61. The van der Waals surface area contributed by atoms with Gasteiger partial charge in [0.05, 0.1) is 6.20 Å². The van der Waals surface area contributed by atoms with E-state index in [0.29, 0.717) is 24.5 Å². The molecule has 1 aliphatic heterocycles. The zero-order valence-corrected chi connectivity index (χ0v) is 15.8. The van der Waals surface area contributed by atoms with Gasteiger partial charge in [0.15, 0.2) is 0 Å². The number of carbonyl (C=O) groups excluding carboxylic acids is 1. The molecule has 0 spiro atoms. The van der Waals surface area contributed by atoms with Crippen molar-refractivity contribution in [2.75, 3.05) is 13.1 Å². The number of ether oxygens (including phenoxy) is 2. The molecule has 1 N–H and O–H groups in total. The van der Waals surface area contributed by atoms with Crippen molar-refractivity contribution in [3.63, 3.8) is 0 Å². The molecule has 1 amide bonds. The molecule has 0 bridgehead atoms. The van der Waals surface area contributed by atoms with E-state index in [-0.39, 0.29) is 17.8 Å². The number of piperidine rings is 1. The number of likely N-dealkylation sites (tertiary alicyclic amines) is 1. The molecule has 8 nitrogen and oxygen atoms in total. The fourth-order valence-electron chi connectivity index (χ4n) is 2.81. The smallest absolute Gasteiger partial charge is 0.410 e. The van der Waals surface area contributed by atoms with E-state index in [1.807, 2.05) is 26.8 Å². The van der Waals surface area contributed by atoms with Gasteiger partial charge in [0.25, 0.3) is 5.56 Å². The number of H-pyrrole nitrogens is 1. The van der Waals surface area contributed by atoms with Crippen LogP contribution < -0.4 is 10.3 Å². The monoisotopic (exact) mass is 372 g/mol. The van der Waals surface area contributed by atoms with Crippen molar-refractivity contribution in [1.29, 1.82) is 0 Å². The maximum Gasteiger partial charge on any atom is 0.410 e. The van der Waals surface area contributed by atoms with Crippen LogP contribution in [0.1, 0.15) is 33.6 Å². The average molecular weight is 372 g/mol. The molecule has 3 heterocycles. The Balaban J connectivity index is 1.53. The third-order valence-electron chi connectivity index (χ3n) is 4.12. The van der Waals surface area contributed by atoms with Crippen LogP contribution >= 0.6 is 0 Å². The summed E-state index contributed by atoms with van der Waals surface area (Å²) in [6.07, 6.45) is 4.40. The number of pyridine rings is 1. The second-order valence-corrected chi connectivity index (χ2v) is 7.50. The Hall–Kier alpha value is -2.90. The highest BCUT2D eigenvalue weighted by Crippen LogP contribution is 2.22. The number of carbonyl (C=O) groups is 1. The molecule has 0 saturated carbocycles. The lowest BCUT2D eigenvalue weighted by Crippen LogP contribution is -2.44. The van der Waals surface area contributed by atoms with Crippen molar-refractivity contribution in [2.45, 2.75) is 45.3 Å². The van der Waals surface area contributed by atoms with Gasteiger partial charge in [0.1, 0.15) is 11.7 Å². The van der Waals surface area contributed by atoms with E-state index in [1.165, 1.54) is 6.07 Å². The molecule has 2 aromatic heterocycles. The summed E-state index contributed by atoms with van der Waals surface area (Å²) in [7, 11) is 0. The van der Waals surface area contributed by atoms with Gasteiger partial charge < -0.3 is 14.4 Å². The second-order valence-electron chi connectivity index (χ2n) is 7.50. The number of hydrogen-bond donors (Lipinski definition) is 1. The molecule has 144 valence electrons. The zero-order chi connectivity index (χ0) is 19.4.